The normalized spacial score (nSPS) is 12.8. The van der Waals surface area contributed by atoms with Crippen LogP contribution in [0.2, 0.25) is 5.02 Å². The quantitative estimate of drug-likeness (QED) is 0.136. The number of halogens is 5. The van der Waals surface area contributed by atoms with Crippen LogP contribution in [-0.2, 0) is 22.2 Å². The fourth-order valence-corrected chi connectivity index (χ4v) is 4.91. The molecule has 0 heterocycles. The smallest absolute Gasteiger partial charge is 0.416 e. The number of nitrogens with one attached hydrogen (secondary N) is 2. The molecule has 4 N–H and O–H groups in total. The molecule has 2 atom stereocenters. The highest BCUT2D eigenvalue weighted by molar-refractivity contribution is 6.31. The van der Waals surface area contributed by atoms with E-state index in [0.717, 1.165) is 18.2 Å². The van der Waals surface area contributed by atoms with Gasteiger partial charge in [0.25, 0.3) is 5.91 Å². The highest BCUT2D eigenvalue weighted by Crippen LogP contribution is 2.33. The Kier molecular flexibility index (Phi) is 10.4. The van der Waals surface area contributed by atoms with Crippen LogP contribution in [0.25, 0.3) is 22.3 Å². The molecular weight excluding hydrogens is 628 g/mol. The summed E-state index contributed by atoms with van der Waals surface area (Å²) in [6, 6.07) is 16.5. The van der Waals surface area contributed by atoms with Gasteiger partial charge in [-0.3, -0.25) is 9.59 Å². The first-order valence-corrected chi connectivity index (χ1v) is 14.4. The van der Waals surface area contributed by atoms with E-state index < -0.39 is 59.1 Å². The molecule has 0 saturated carbocycles. The van der Waals surface area contributed by atoms with E-state index in [2.05, 4.69) is 10.6 Å². The van der Waals surface area contributed by atoms with Crippen molar-refractivity contribution >= 4 is 29.4 Å². The van der Waals surface area contributed by atoms with Gasteiger partial charge in [-0.05, 0) is 70.1 Å². The van der Waals surface area contributed by atoms with E-state index in [1.807, 2.05) is 0 Å². The number of carboxylic acid groups (broad SMARTS) is 1. The van der Waals surface area contributed by atoms with Gasteiger partial charge < -0.3 is 20.8 Å². The monoisotopic (exact) mass is 656 g/mol. The fraction of sp³-hybridized carbons (Fsp3) is 0.206. The number of rotatable bonds is 10. The van der Waals surface area contributed by atoms with Crippen LogP contribution in [0.4, 0.5) is 17.6 Å². The van der Waals surface area contributed by atoms with Crippen LogP contribution in [0.5, 0.6) is 5.75 Å². The van der Waals surface area contributed by atoms with Gasteiger partial charge in [0.05, 0.1) is 16.1 Å². The molecule has 0 aromatic heterocycles. The van der Waals surface area contributed by atoms with Gasteiger partial charge in [0.1, 0.15) is 23.7 Å². The van der Waals surface area contributed by atoms with Crippen molar-refractivity contribution in [3.8, 4) is 28.0 Å². The minimum absolute atomic E-state index is 0.126. The van der Waals surface area contributed by atoms with Crippen molar-refractivity contribution in [2.75, 3.05) is 0 Å². The molecule has 0 radical (unpaired) electrons. The van der Waals surface area contributed by atoms with E-state index in [4.69, 9.17) is 11.6 Å². The number of alkyl halides is 3. The van der Waals surface area contributed by atoms with Crippen LogP contribution in [-0.4, -0.2) is 40.1 Å². The first-order valence-electron chi connectivity index (χ1n) is 14.0. The lowest BCUT2D eigenvalue weighted by Crippen LogP contribution is -2.53. The van der Waals surface area contributed by atoms with Crippen molar-refractivity contribution in [1.82, 2.24) is 10.6 Å². The molecule has 0 saturated heterocycles. The number of aliphatic carboxylic acids is 1. The molecule has 4 rings (SSSR count). The number of phenolic OH excluding ortho intramolecular Hbond substituents is 1. The third-order valence-corrected chi connectivity index (χ3v) is 7.55. The summed E-state index contributed by atoms with van der Waals surface area (Å²) in [5, 5.41) is 25.0. The number of carboxylic acids is 1. The fourth-order valence-electron chi connectivity index (χ4n) is 4.73. The molecule has 0 spiro atoms. The molecule has 0 aliphatic heterocycles. The Labute approximate surface area is 266 Å². The third kappa shape index (κ3) is 8.22. The summed E-state index contributed by atoms with van der Waals surface area (Å²) >= 11 is 5.90. The molecule has 1 unspecified atom stereocenters. The lowest BCUT2D eigenvalue weighted by Gasteiger charge is -2.24. The SMILES string of the molecule is CC(C)C(NC(=O)[C@H](Cc1ccc(-c2cccc(C(F)(F)F)c2)cc1)NC(=O)c1cc(-c2ccc(F)c(Cl)c2)ccc1O)C(=O)O. The second kappa shape index (κ2) is 14.0. The number of aromatic hydroxyl groups is 1. The number of hydrogen-bond donors (Lipinski definition) is 4. The van der Waals surface area contributed by atoms with E-state index in [9.17, 15) is 42.2 Å². The Morgan fingerprint density at radius 2 is 1.43 bits per heavy atom. The molecule has 0 fully saturated rings. The summed E-state index contributed by atoms with van der Waals surface area (Å²) in [6.45, 7) is 3.20. The van der Waals surface area contributed by atoms with E-state index >= 15 is 0 Å². The van der Waals surface area contributed by atoms with Gasteiger partial charge in [-0.1, -0.05) is 74.0 Å². The van der Waals surface area contributed by atoms with E-state index in [-0.39, 0.29) is 17.0 Å². The molecule has 4 aromatic carbocycles. The van der Waals surface area contributed by atoms with Gasteiger partial charge in [0.2, 0.25) is 5.91 Å². The van der Waals surface area contributed by atoms with Crippen molar-refractivity contribution in [1.29, 1.82) is 0 Å². The van der Waals surface area contributed by atoms with Crippen molar-refractivity contribution in [2.24, 2.45) is 5.92 Å². The Hall–Kier alpha value is -4.90. The van der Waals surface area contributed by atoms with Crippen LogP contribution in [0.15, 0.2) is 84.9 Å². The van der Waals surface area contributed by atoms with E-state index in [0.29, 0.717) is 27.8 Å². The summed E-state index contributed by atoms with van der Waals surface area (Å²) < 4.78 is 53.3. The molecule has 12 heteroatoms. The Morgan fingerprint density at radius 1 is 0.826 bits per heavy atom. The number of amides is 2. The van der Waals surface area contributed by atoms with Gasteiger partial charge in [0.15, 0.2) is 0 Å². The Morgan fingerprint density at radius 3 is 2.04 bits per heavy atom. The molecule has 7 nitrogen and oxygen atoms in total. The largest absolute Gasteiger partial charge is 0.507 e. The zero-order chi connectivity index (χ0) is 33.8. The summed E-state index contributed by atoms with van der Waals surface area (Å²) in [5.74, 6) is -4.48. The van der Waals surface area contributed by atoms with Crippen LogP contribution in [0.3, 0.4) is 0 Å². The van der Waals surface area contributed by atoms with Crippen LogP contribution in [0, 0.1) is 11.7 Å². The lowest BCUT2D eigenvalue weighted by atomic mass is 9.98. The molecule has 2 amide bonds. The zero-order valence-electron chi connectivity index (χ0n) is 24.5. The Balaban J connectivity index is 1.62. The molecule has 0 aliphatic carbocycles. The summed E-state index contributed by atoms with van der Waals surface area (Å²) in [6.07, 6.45) is -4.64. The van der Waals surface area contributed by atoms with Crippen molar-refractivity contribution in [2.45, 2.75) is 38.5 Å². The predicted octanol–water partition coefficient (Wildman–Crippen LogP) is 7.10. The topological polar surface area (TPSA) is 116 Å². The first-order chi connectivity index (χ1) is 21.6. The maximum Gasteiger partial charge on any atom is 0.416 e. The van der Waals surface area contributed by atoms with E-state index in [1.165, 1.54) is 42.5 Å². The minimum Gasteiger partial charge on any atom is -0.507 e. The summed E-state index contributed by atoms with van der Waals surface area (Å²) in [5.41, 5.74) is 1.16. The molecule has 240 valence electrons. The Bertz CT molecular complexity index is 1760. The number of carbonyl (C=O) groups is 3. The number of benzene rings is 4. The molecule has 0 aliphatic rings. The maximum atomic E-state index is 13.7. The number of carbonyl (C=O) groups excluding carboxylic acids is 2. The zero-order valence-corrected chi connectivity index (χ0v) is 25.3. The molecule has 46 heavy (non-hydrogen) atoms. The molecular formula is C34H29ClF4N2O5. The van der Waals surface area contributed by atoms with Gasteiger partial charge in [-0.25, -0.2) is 9.18 Å². The van der Waals surface area contributed by atoms with E-state index in [1.54, 1.807) is 38.1 Å². The van der Waals surface area contributed by atoms with Crippen molar-refractivity contribution < 1.29 is 42.2 Å². The second-order valence-corrected chi connectivity index (χ2v) is 11.3. The van der Waals surface area contributed by atoms with Crippen LogP contribution >= 0.6 is 11.6 Å². The van der Waals surface area contributed by atoms with Crippen molar-refractivity contribution in [3.05, 3.63) is 112 Å². The number of phenols is 1. The van der Waals surface area contributed by atoms with Gasteiger partial charge >= 0.3 is 12.1 Å². The lowest BCUT2D eigenvalue weighted by molar-refractivity contribution is -0.143. The minimum atomic E-state index is -4.52. The molecule has 4 aromatic rings. The average Bonchev–Trinajstić information content (AvgIpc) is 3.00. The highest BCUT2D eigenvalue weighted by Gasteiger charge is 2.31. The standard InChI is InChI=1S/C34H29ClF4N2O5/c1-18(2)30(33(45)46)41-32(44)28(14-19-6-8-20(9-7-19)21-4-3-5-24(15-21)34(37,38)39)40-31(43)25-16-22(11-13-29(25)42)23-10-12-27(36)26(35)17-23/h3-13,15-18,28,30,42H,14H2,1-2H3,(H,40,43)(H,41,44)(H,45,46)/t28-,30?/m0/s1. The predicted molar refractivity (Wildman–Crippen MR) is 165 cm³/mol. The van der Waals surface area contributed by atoms with Crippen molar-refractivity contribution in [3.63, 3.8) is 0 Å². The second-order valence-electron chi connectivity index (χ2n) is 10.9. The van der Waals surface area contributed by atoms with Gasteiger partial charge in [0, 0.05) is 6.42 Å². The van der Waals surface area contributed by atoms with Crippen LogP contribution in [0.1, 0.15) is 35.3 Å². The summed E-state index contributed by atoms with van der Waals surface area (Å²) in [7, 11) is 0. The average molecular weight is 657 g/mol. The van der Waals surface area contributed by atoms with Gasteiger partial charge in [-0.2, -0.15) is 13.2 Å². The summed E-state index contributed by atoms with van der Waals surface area (Å²) in [4.78, 5) is 38.6. The van der Waals surface area contributed by atoms with Crippen LogP contribution < -0.4 is 10.6 Å². The molecule has 0 bridgehead atoms. The highest BCUT2D eigenvalue weighted by atomic mass is 35.5. The third-order valence-electron chi connectivity index (χ3n) is 7.26. The maximum absolute atomic E-state index is 13.7. The number of hydrogen-bond acceptors (Lipinski definition) is 4. The first kappa shape index (κ1) is 34.0. The van der Waals surface area contributed by atoms with Gasteiger partial charge in [-0.15, -0.1) is 0 Å².